The average Bonchev–Trinajstić information content (AvgIpc) is 3.48. The summed E-state index contributed by atoms with van der Waals surface area (Å²) in [6.07, 6.45) is 3.22. The summed E-state index contributed by atoms with van der Waals surface area (Å²) < 4.78 is 0. The highest BCUT2D eigenvalue weighted by molar-refractivity contribution is 7.08. The lowest BCUT2D eigenvalue weighted by Crippen LogP contribution is -2.11. The predicted molar refractivity (Wildman–Crippen MR) is 117 cm³/mol. The fourth-order valence-corrected chi connectivity index (χ4v) is 3.97. The molecule has 0 fully saturated rings. The molecule has 3 N–H and O–H groups in total. The van der Waals surface area contributed by atoms with E-state index in [1.807, 2.05) is 20.2 Å². The zero-order chi connectivity index (χ0) is 19.8. The smallest absolute Gasteiger partial charge is 0.186 e. The Bertz CT molecular complexity index is 1260. The van der Waals surface area contributed by atoms with Crippen LogP contribution >= 0.6 is 11.3 Å². The molecule has 5 aromatic rings. The molecule has 1 aromatic carbocycles. The third-order valence-corrected chi connectivity index (χ3v) is 5.39. The summed E-state index contributed by atoms with van der Waals surface area (Å²) in [6.45, 7) is 0. The van der Waals surface area contributed by atoms with Gasteiger partial charge in [-0.2, -0.15) is 21.5 Å². The Labute approximate surface area is 170 Å². The number of hydrogen-bond donors (Lipinski definition) is 3. The Balaban J connectivity index is 1.64. The van der Waals surface area contributed by atoms with Gasteiger partial charge in [-0.05, 0) is 46.2 Å². The van der Waals surface area contributed by atoms with Crippen LogP contribution in [0.1, 0.15) is 0 Å². The lowest BCUT2D eigenvalue weighted by atomic mass is 10.1. The molecule has 0 spiro atoms. The Morgan fingerprint density at radius 2 is 1.97 bits per heavy atom. The van der Waals surface area contributed by atoms with E-state index in [9.17, 15) is 0 Å². The molecule has 0 atom stereocenters. The van der Waals surface area contributed by atoms with E-state index < -0.39 is 0 Å². The third-order valence-electron chi connectivity index (χ3n) is 4.71. The Hall–Kier alpha value is -3.72. The maximum absolute atomic E-state index is 4.50. The molecule has 0 aliphatic heterocycles. The lowest BCUT2D eigenvalue weighted by Gasteiger charge is -2.19. The van der Waals surface area contributed by atoms with Crippen LogP contribution in [0.15, 0.2) is 53.6 Å². The molecular formula is C20H18N8S. The number of fused-ring (bicyclic) bond motifs is 1. The number of anilines is 3. The van der Waals surface area contributed by atoms with Crippen LogP contribution in [-0.2, 0) is 0 Å². The van der Waals surface area contributed by atoms with Gasteiger partial charge in [0, 0.05) is 20.3 Å². The zero-order valence-corrected chi connectivity index (χ0v) is 16.7. The van der Waals surface area contributed by atoms with Gasteiger partial charge < -0.3 is 10.2 Å². The van der Waals surface area contributed by atoms with E-state index in [-0.39, 0.29) is 0 Å². The van der Waals surface area contributed by atoms with Crippen LogP contribution in [0.3, 0.4) is 0 Å². The average molecular weight is 402 g/mol. The monoisotopic (exact) mass is 402 g/mol. The minimum Gasteiger partial charge on any atom is -0.376 e. The van der Waals surface area contributed by atoms with Crippen molar-refractivity contribution < 1.29 is 0 Å². The number of nitrogens with zero attached hydrogens (tertiary/aromatic N) is 5. The number of aromatic nitrogens is 6. The van der Waals surface area contributed by atoms with Crippen molar-refractivity contribution in [3.05, 3.63) is 53.6 Å². The summed E-state index contributed by atoms with van der Waals surface area (Å²) in [6, 6.07) is 10.4. The SMILES string of the molecule is CN(C)c1ccc(-c2ccsc2)cc1Nc1ncnc2n[nH]c(-c3ccn[nH]3)c12. The summed E-state index contributed by atoms with van der Waals surface area (Å²) >= 11 is 1.68. The van der Waals surface area contributed by atoms with Crippen LogP contribution < -0.4 is 10.2 Å². The number of H-pyrrole nitrogens is 2. The van der Waals surface area contributed by atoms with Crippen molar-refractivity contribution in [1.29, 1.82) is 0 Å². The van der Waals surface area contributed by atoms with Crippen molar-refractivity contribution in [2.45, 2.75) is 0 Å². The number of aromatic amines is 2. The molecule has 29 heavy (non-hydrogen) atoms. The number of rotatable bonds is 5. The number of benzene rings is 1. The van der Waals surface area contributed by atoms with Crippen molar-refractivity contribution >= 4 is 39.6 Å². The van der Waals surface area contributed by atoms with Crippen LogP contribution in [0, 0.1) is 0 Å². The highest BCUT2D eigenvalue weighted by atomic mass is 32.1. The van der Waals surface area contributed by atoms with Crippen molar-refractivity contribution in [2.24, 2.45) is 0 Å². The van der Waals surface area contributed by atoms with Gasteiger partial charge in [0.2, 0.25) is 0 Å². The van der Waals surface area contributed by atoms with Gasteiger partial charge in [0.05, 0.1) is 28.1 Å². The molecule has 0 radical (unpaired) electrons. The topological polar surface area (TPSA) is 98.4 Å². The molecule has 5 rings (SSSR count). The first-order valence-corrected chi connectivity index (χ1v) is 9.95. The maximum Gasteiger partial charge on any atom is 0.186 e. The molecule has 144 valence electrons. The molecule has 0 amide bonds. The summed E-state index contributed by atoms with van der Waals surface area (Å²) in [4.78, 5) is 10.9. The second-order valence-corrected chi connectivity index (χ2v) is 7.53. The first-order chi connectivity index (χ1) is 14.2. The van der Waals surface area contributed by atoms with Crippen LogP contribution in [0.5, 0.6) is 0 Å². The van der Waals surface area contributed by atoms with Gasteiger partial charge >= 0.3 is 0 Å². The summed E-state index contributed by atoms with van der Waals surface area (Å²) in [5.74, 6) is 0.680. The van der Waals surface area contributed by atoms with Crippen molar-refractivity contribution in [3.8, 4) is 22.5 Å². The molecule has 4 heterocycles. The Morgan fingerprint density at radius 3 is 2.72 bits per heavy atom. The van der Waals surface area contributed by atoms with E-state index in [1.165, 1.54) is 11.9 Å². The standard InChI is InChI=1S/C20H18N8S/c1-28(2)16-4-3-12(13-6-8-29-10-13)9-15(16)24-19-17-18(14-5-7-23-25-14)26-27-20(17)22-11-21-19/h3-11H,1-2H3,(H,23,25)(H2,21,22,24,26,27). The second kappa shape index (κ2) is 7.02. The fraction of sp³-hybridized carbons (Fsp3) is 0.100. The molecule has 9 heteroatoms. The summed E-state index contributed by atoms with van der Waals surface area (Å²) in [5, 5.41) is 22.9. The van der Waals surface area contributed by atoms with E-state index in [4.69, 9.17) is 0 Å². The number of thiophene rings is 1. The highest BCUT2D eigenvalue weighted by Crippen LogP contribution is 2.36. The molecule has 8 nitrogen and oxygen atoms in total. The first-order valence-electron chi connectivity index (χ1n) is 9.00. The second-order valence-electron chi connectivity index (χ2n) is 6.75. The predicted octanol–water partition coefficient (Wildman–Crippen LogP) is 4.28. The molecule has 0 saturated carbocycles. The minimum absolute atomic E-state index is 0.590. The van der Waals surface area contributed by atoms with E-state index in [2.05, 4.69) is 75.6 Å². The molecule has 4 aromatic heterocycles. The summed E-state index contributed by atoms with van der Waals surface area (Å²) in [5.41, 5.74) is 6.56. The zero-order valence-electron chi connectivity index (χ0n) is 15.8. The third kappa shape index (κ3) is 3.11. The fourth-order valence-electron chi connectivity index (χ4n) is 3.30. The summed E-state index contributed by atoms with van der Waals surface area (Å²) in [7, 11) is 4.04. The van der Waals surface area contributed by atoms with Crippen LogP contribution in [-0.4, -0.2) is 44.5 Å². The van der Waals surface area contributed by atoms with Gasteiger partial charge in [0.15, 0.2) is 5.65 Å². The van der Waals surface area contributed by atoms with Gasteiger partial charge in [-0.25, -0.2) is 9.97 Å². The number of nitrogens with one attached hydrogen (secondary N) is 3. The van der Waals surface area contributed by atoms with Gasteiger partial charge in [-0.3, -0.25) is 10.2 Å². The quantitative estimate of drug-likeness (QED) is 0.406. The van der Waals surface area contributed by atoms with E-state index in [0.29, 0.717) is 11.5 Å². The van der Waals surface area contributed by atoms with Crippen molar-refractivity contribution in [2.75, 3.05) is 24.3 Å². The normalized spacial score (nSPS) is 11.1. The Morgan fingerprint density at radius 1 is 1.03 bits per heavy atom. The van der Waals surface area contributed by atoms with Gasteiger partial charge in [-0.1, -0.05) is 6.07 Å². The van der Waals surface area contributed by atoms with Gasteiger partial charge in [0.25, 0.3) is 0 Å². The molecule has 0 aliphatic rings. The number of hydrogen-bond acceptors (Lipinski definition) is 7. The van der Waals surface area contributed by atoms with E-state index in [1.54, 1.807) is 17.5 Å². The van der Waals surface area contributed by atoms with Crippen LogP contribution in [0.4, 0.5) is 17.2 Å². The van der Waals surface area contributed by atoms with Crippen molar-refractivity contribution in [3.63, 3.8) is 0 Å². The van der Waals surface area contributed by atoms with Crippen molar-refractivity contribution in [1.82, 2.24) is 30.4 Å². The van der Waals surface area contributed by atoms with E-state index >= 15 is 0 Å². The molecule has 0 unspecified atom stereocenters. The molecular weight excluding hydrogens is 384 g/mol. The molecule has 0 aliphatic carbocycles. The molecule has 0 bridgehead atoms. The highest BCUT2D eigenvalue weighted by Gasteiger charge is 2.17. The van der Waals surface area contributed by atoms with Crippen LogP contribution in [0.25, 0.3) is 33.5 Å². The van der Waals surface area contributed by atoms with Crippen LogP contribution in [0.2, 0.25) is 0 Å². The minimum atomic E-state index is 0.590. The Kier molecular flexibility index (Phi) is 4.21. The lowest BCUT2D eigenvalue weighted by molar-refractivity contribution is 1.06. The van der Waals surface area contributed by atoms with Gasteiger partial charge in [-0.15, -0.1) is 0 Å². The largest absolute Gasteiger partial charge is 0.376 e. The van der Waals surface area contributed by atoms with E-state index in [0.717, 1.165) is 33.7 Å². The molecule has 0 saturated heterocycles. The maximum atomic E-state index is 4.50. The van der Waals surface area contributed by atoms with Gasteiger partial charge in [0.1, 0.15) is 12.1 Å². The first kappa shape index (κ1) is 17.4.